The van der Waals surface area contributed by atoms with Crippen molar-refractivity contribution in [2.24, 2.45) is 0 Å². The number of carbonyl (C=O) groups is 1. The van der Waals surface area contributed by atoms with E-state index in [4.69, 9.17) is 0 Å². The smallest absolute Gasteiger partial charge is 0.339 e. The van der Waals surface area contributed by atoms with Crippen molar-refractivity contribution in [3.63, 3.8) is 0 Å². The van der Waals surface area contributed by atoms with Crippen LogP contribution in [0.4, 0.5) is 13.2 Å². The Kier molecular flexibility index (Phi) is 5.14. The van der Waals surface area contributed by atoms with Crippen LogP contribution in [0.15, 0.2) is 78.9 Å². The van der Waals surface area contributed by atoms with Gasteiger partial charge >= 0.3 is 6.18 Å². The summed E-state index contributed by atoms with van der Waals surface area (Å²) < 4.78 is 42.2. The second-order valence-corrected chi connectivity index (χ2v) is 7.16. The maximum absolute atomic E-state index is 14.1. The minimum absolute atomic E-state index is 0.0225. The zero-order valence-corrected chi connectivity index (χ0v) is 15.7. The molecule has 0 bridgehead atoms. The van der Waals surface area contributed by atoms with E-state index in [0.717, 1.165) is 12.5 Å². The Labute approximate surface area is 167 Å². The lowest BCUT2D eigenvalue weighted by Gasteiger charge is -2.33. The standard InChI is InChI=1S/C24H20F3NO/c25-24(26,27)20-14-7-13-19(23(29)28-15-8-16-28)22(20)21(17-9-3-1-4-10-17)18-11-5-2-6-12-18/h1-7,9-14,21H,8,15-16H2. The van der Waals surface area contributed by atoms with Gasteiger partial charge in [0.15, 0.2) is 0 Å². The highest BCUT2D eigenvalue weighted by Crippen LogP contribution is 2.42. The Bertz CT molecular complexity index is 956. The van der Waals surface area contributed by atoms with Gasteiger partial charge in [0, 0.05) is 24.6 Å². The minimum Gasteiger partial charge on any atom is -0.339 e. The molecule has 0 N–H and O–H groups in total. The molecular formula is C24H20F3NO. The van der Waals surface area contributed by atoms with Gasteiger partial charge in [-0.15, -0.1) is 0 Å². The SMILES string of the molecule is O=C(c1cccc(C(F)(F)F)c1C(c1ccccc1)c1ccccc1)N1CCC1. The molecule has 1 aliphatic rings. The van der Waals surface area contributed by atoms with E-state index < -0.39 is 17.7 Å². The lowest BCUT2D eigenvalue weighted by atomic mass is 9.80. The molecule has 0 aromatic heterocycles. The van der Waals surface area contributed by atoms with Crippen LogP contribution >= 0.6 is 0 Å². The van der Waals surface area contributed by atoms with Gasteiger partial charge < -0.3 is 4.90 Å². The van der Waals surface area contributed by atoms with E-state index in [0.29, 0.717) is 24.2 Å². The summed E-state index contributed by atoms with van der Waals surface area (Å²) in [5, 5.41) is 0. The molecule has 0 atom stereocenters. The molecule has 3 aromatic rings. The van der Waals surface area contributed by atoms with E-state index in [9.17, 15) is 18.0 Å². The molecule has 148 valence electrons. The van der Waals surface area contributed by atoms with Gasteiger partial charge in [0.2, 0.25) is 0 Å². The maximum atomic E-state index is 14.1. The summed E-state index contributed by atoms with van der Waals surface area (Å²) in [4.78, 5) is 14.7. The number of likely N-dealkylation sites (tertiary alicyclic amines) is 1. The van der Waals surface area contributed by atoms with E-state index in [1.54, 1.807) is 29.2 Å². The van der Waals surface area contributed by atoms with Gasteiger partial charge in [-0.05, 0) is 35.2 Å². The molecule has 4 rings (SSSR count). The fraction of sp³-hybridized carbons (Fsp3) is 0.208. The first-order valence-corrected chi connectivity index (χ1v) is 9.56. The van der Waals surface area contributed by atoms with Crippen molar-refractivity contribution < 1.29 is 18.0 Å². The van der Waals surface area contributed by atoms with E-state index >= 15 is 0 Å². The molecule has 0 aliphatic carbocycles. The van der Waals surface area contributed by atoms with Gasteiger partial charge in [0.1, 0.15) is 0 Å². The Balaban J connectivity index is 1.99. The van der Waals surface area contributed by atoms with E-state index in [1.807, 2.05) is 36.4 Å². The average molecular weight is 395 g/mol. The van der Waals surface area contributed by atoms with Crippen LogP contribution in [-0.4, -0.2) is 23.9 Å². The number of hydrogen-bond acceptors (Lipinski definition) is 1. The highest BCUT2D eigenvalue weighted by Gasteiger charge is 2.39. The highest BCUT2D eigenvalue weighted by atomic mass is 19.4. The minimum atomic E-state index is -4.57. The summed E-state index contributed by atoms with van der Waals surface area (Å²) in [5.74, 6) is -1.04. The number of carbonyl (C=O) groups excluding carboxylic acids is 1. The Morgan fingerprint density at radius 1 is 0.793 bits per heavy atom. The number of hydrogen-bond donors (Lipinski definition) is 0. The van der Waals surface area contributed by atoms with Gasteiger partial charge in [-0.2, -0.15) is 13.2 Å². The Morgan fingerprint density at radius 2 is 1.34 bits per heavy atom. The molecule has 1 amide bonds. The number of halogens is 3. The molecule has 1 saturated heterocycles. The largest absolute Gasteiger partial charge is 0.416 e. The second kappa shape index (κ2) is 7.74. The highest BCUT2D eigenvalue weighted by molar-refractivity contribution is 5.97. The molecule has 0 radical (unpaired) electrons. The third-order valence-corrected chi connectivity index (χ3v) is 5.34. The van der Waals surface area contributed by atoms with Crippen LogP contribution in [0.2, 0.25) is 0 Å². The molecule has 3 aromatic carbocycles. The first-order valence-electron chi connectivity index (χ1n) is 9.56. The lowest BCUT2D eigenvalue weighted by molar-refractivity contribution is -0.138. The number of alkyl halides is 3. The predicted octanol–water partition coefficient (Wildman–Crippen LogP) is 5.73. The molecule has 5 heteroatoms. The van der Waals surface area contributed by atoms with Gasteiger partial charge in [0.05, 0.1) is 5.56 Å². The second-order valence-electron chi connectivity index (χ2n) is 7.16. The molecular weight excluding hydrogens is 375 g/mol. The van der Waals surface area contributed by atoms with Crippen molar-refractivity contribution in [1.82, 2.24) is 4.90 Å². The van der Waals surface area contributed by atoms with Crippen LogP contribution in [0.1, 0.15) is 45.0 Å². The monoisotopic (exact) mass is 395 g/mol. The van der Waals surface area contributed by atoms with Crippen LogP contribution in [0.5, 0.6) is 0 Å². The topological polar surface area (TPSA) is 20.3 Å². The van der Waals surface area contributed by atoms with Gasteiger partial charge in [-0.3, -0.25) is 4.79 Å². The molecule has 1 aliphatic heterocycles. The third-order valence-electron chi connectivity index (χ3n) is 5.34. The molecule has 29 heavy (non-hydrogen) atoms. The van der Waals surface area contributed by atoms with Crippen molar-refractivity contribution in [3.8, 4) is 0 Å². The van der Waals surface area contributed by atoms with Crippen molar-refractivity contribution in [2.75, 3.05) is 13.1 Å². The third kappa shape index (κ3) is 3.77. The Morgan fingerprint density at radius 3 is 1.79 bits per heavy atom. The maximum Gasteiger partial charge on any atom is 0.416 e. The summed E-state index contributed by atoms with van der Waals surface area (Å²) in [6.45, 7) is 1.16. The summed E-state index contributed by atoms with van der Waals surface area (Å²) in [5.41, 5.74) is 0.814. The number of benzene rings is 3. The zero-order chi connectivity index (χ0) is 20.4. The quantitative estimate of drug-likeness (QED) is 0.517. The molecule has 1 heterocycles. The first kappa shape index (κ1) is 19.2. The van der Waals surface area contributed by atoms with Crippen molar-refractivity contribution in [3.05, 3.63) is 107 Å². The van der Waals surface area contributed by atoms with Crippen LogP contribution in [0.25, 0.3) is 0 Å². The van der Waals surface area contributed by atoms with Crippen molar-refractivity contribution >= 4 is 5.91 Å². The summed E-state index contributed by atoms with van der Waals surface area (Å²) in [6, 6.07) is 22.0. The fourth-order valence-corrected chi connectivity index (χ4v) is 3.82. The normalized spacial score (nSPS) is 14.0. The van der Waals surface area contributed by atoms with Gasteiger partial charge in [0.25, 0.3) is 5.91 Å². The fourth-order valence-electron chi connectivity index (χ4n) is 3.82. The van der Waals surface area contributed by atoms with Crippen LogP contribution in [-0.2, 0) is 6.18 Å². The van der Waals surface area contributed by atoms with E-state index in [2.05, 4.69) is 0 Å². The number of nitrogens with zero attached hydrogens (tertiary/aromatic N) is 1. The van der Waals surface area contributed by atoms with Crippen molar-refractivity contribution in [2.45, 2.75) is 18.5 Å². The van der Waals surface area contributed by atoms with E-state index in [1.165, 1.54) is 12.1 Å². The Hall–Kier alpha value is -3.08. The zero-order valence-electron chi connectivity index (χ0n) is 15.7. The molecule has 1 fully saturated rings. The van der Waals surface area contributed by atoms with Crippen LogP contribution in [0.3, 0.4) is 0 Å². The number of amides is 1. The summed E-state index contributed by atoms with van der Waals surface area (Å²) >= 11 is 0. The van der Waals surface area contributed by atoms with E-state index in [-0.39, 0.29) is 17.0 Å². The molecule has 0 unspecified atom stereocenters. The predicted molar refractivity (Wildman–Crippen MR) is 106 cm³/mol. The first-order chi connectivity index (χ1) is 14.0. The molecule has 0 spiro atoms. The van der Waals surface area contributed by atoms with Crippen molar-refractivity contribution in [1.29, 1.82) is 0 Å². The molecule has 0 saturated carbocycles. The summed E-state index contributed by atoms with van der Waals surface area (Å²) in [7, 11) is 0. The average Bonchev–Trinajstić information content (AvgIpc) is 2.68. The lowest BCUT2D eigenvalue weighted by Crippen LogP contribution is -2.42. The van der Waals surface area contributed by atoms with Gasteiger partial charge in [-0.1, -0.05) is 66.7 Å². The van der Waals surface area contributed by atoms with Crippen LogP contribution < -0.4 is 0 Å². The van der Waals surface area contributed by atoms with Gasteiger partial charge in [-0.25, -0.2) is 0 Å². The summed E-state index contributed by atoms with van der Waals surface area (Å²) in [6.07, 6.45) is -3.69. The van der Waals surface area contributed by atoms with Crippen LogP contribution in [0, 0.1) is 0 Å². The molecule has 2 nitrogen and oxygen atoms in total. The number of rotatable bonds is 4.